The third-order valence-electron chi connectivity index (χ3n) is 2.08. The van der Waals surface area contributed by atoms with Crippen LogP contribution in [-0.4, -0.2) is 22.1 Å². The van der Waals surface area contributed by atoms with Crippen molar-refractivity contribution < 1.29 is 0 Å². The van der Waals surface area contributed by atoms with E-state index in [1.165, 1.54) is 31.4 Å². The zero-order chi connectivity index (χ0) is 10.1. The lowest BCUT2D eigenvalue weighted by Crippen LogP contribution is -2.34. The average molecular weight is 315 g/mol. The Bertz CT molecular complexity index is 111. The molecular weight excluding hydrogens is 293 g/mol. The molecule has 0 rings (SSSR count). The van der Waals surface area contributed by atoms with E-state index in [0.717, 1.165) is 6.04 Å². The molecule has 0 amide bonds. The summed E-state index contributed by atoms with van der Waals surface area (Å²) in [6.07, 6.45) is 7.33. The second-order valence-corrected chi connectivity index (χ2v) is 5.80. The molecule has 0 aliphatic carbocycles. The lowest BCUT2D eigenvalue weighted by atomic mass is 10.1. The number of thioether (sulfide) groups is 1. The molecular formula is C10H22INS. The zero-order valence-corrected chi connectivity index (χ0v) is 12.0. The van der Waals surface area contributed by atoms with Crippen LogP contribution in [0.15, 0.2) is 0 Å². The van der Waals surface area contributed by atoms with Gasteiger partial charge in [-0.1, -0.05) is 42.9 Å². The first-order chi connectivity index (χ1) is 6.24. The third-order valence-corrected chi connectivity index (χ3v) is 3.97. The van der Waals surface area contributed by atoms with Gasteiger partial charge < -0.3 is 5.32 Å². The highest BCUT2D eigenvalue weighted by Crippen LogP contribution is 2.10. The highest BCUT2D eigenvalue weighted by molar-refractivity contribution is 14.1. The Morgan fingerprint density at radius 2 is 2.00 bits per heavy atom. The second kappa shape index (κ2) is 9.59. The molecule has 1 nitrogen and oxygen atoms in total. The number of hydrogen-bond donors (Lipinski definition) is 1. The van der Waals surface area contributed by atoms with Gasteiger partial charge in [0.1, 0.15) is 0 Å². The van der Waals surface area contributed by atoms with Crippen LogP contribution in [0.5, 0.6) is 0 Å². The largest absolute Gasteiger partial charge is 0.303 e. The second-order valence-electron chi connectivity index (χ2n) is 3.31. The zero-order valence-electron chi connectivity index (χ0n) is 8.98. The van der Waals surface area contributed by atoms with E-state index in [1.54, 1.807) is 0 Å². The van der Waals surface area contributed by atoms with E-state index in [-0.39, 0.29) is 0 Å². The minimum Gasteiger partial charge on any atom is -0.303 e. The smallest absolute Gasteiger partial charge is 0.0593 e. The maximum absolute atomic E-state index is 3.68. The fraction of sp³-hybridized carbons (Fsp3) is 1.00. The van der Waals surface area contributed by atoms with Gasteiger partial charge in [-0.3, -0.25) is 0 Å². The SMILES string of the molecule is CCCC(CCSC)NC(I)CC. The first-order valence-electron chi connectivity index (χ1n) is 5.13. The van der Waals surface area contributed by atoms with Crippen molar-refractivity contribution in [2.45, 2.75) is 49.6 Å². The van der Waals surface area contributed by atoms with E-state index in [9.17, 15) is 0 Å². The summed E-state index contributed by atoms with van der Waals surface area (Å²) in [7, 11) is 0. The van der Waals surface area contributed by atoms with Crippen LogP contribution in [0.1, 0.15) is 39.5 Å². The molecule has 0 fully saturated rings. The van der Waals surface area contributed by atoms with E-state index in [0.29, 0.717) is 4.05 Å². The normalized spacial score (nSPS) is 15.7. The van der Waals surface area contributed by atoms with Crippen molar-refractivity contribution in [2.75, 3.05) is 12.0 Å². The summed E-state index contributed by atoms with van der Waals surface area (Å²) in [5, 5.41) is 3.68. The summed E-state index contributed by atoms with van der Waals surface area (Å²) in [5.41, 5.74) is 0. The lowest BCUT2D eigenvalue weighted by molar-refractivity contribution is 0.458. The molecule has 2 atom stereocenters. The van der Waals surface area contributed by atoms with Gasteiger partial charge in [0.2, 0.25) is 0 Å². The van der Waals surface area contributed by atoms with Gasteiger partial charge >= 0.3 is 0 Å². The molecule has 0 bridgehead atoms. The quantitative estimate of drug-likeness (QED) is 0.417. The van der Waals surface area contributed by atoms with Gasteiger partial charge in [0.25, 0.3) is 0 Å². The van der Waals surface area contributed by atoms with Crippen molar-refractivity contribution in [2.24, 2.45) is 0 Å². The van der Waals surface area contributed by atoms with Crippen LogP contribution in [0.4, 0.5) is 0 Å². The molecule has 0 aromatic rings. The predicted molar refractivity (Wildman–Crippen MR) is 72.9 cm³/mol. The fourth-order valence-corrected chi connectivity index (χ4v) is 2.32. The molecule has 0 spiro atoms. The molecule has 0 aliphatic heterocycles. The monoisotopic (exact) mass is 315 g/mol. The van der Waals surface area contributed by atoms with E-state index >= 15 is 0 Å². The molecule has 0 saturated carbocycles. The van der Waals surface area contributed by atoms with Gasteiger partial charge in [0.15, 0.2) is 0 Å². The summed E-state index contributed by atoms with van der Waals surface area (Å²) in [6, 6.07) is 0.735. The summed E-state index contributed by atoms with van der Waals surface area (Å²) in [6.45, 7) is 4.50. The van der Waals surface area contributed by atoms with Crippen molar-refractivity contribution in [1.29, 1.82) is 0 Å². The van der Waals surface area contributed by atoms with Gasteiger partial charge in [0.05, 0.1) is 4.05 Å². The molecule has 0 aromatic heterocycles. The van der Waals surface area contributed by atoms with Crippen LogP contribution in [0.3, 0.4) is 0 Å². The molecule has 0 radical (unpaired) electrons. The highest BCUT2D eigenvalue weighted by atomic mass is 127. The van der Waals surface area contributed by atoms with Crippen LogP contribution in [0.25, 0.3) is 0 Å². The Morgan fingerprint density at radius 1 is 1.31 bits per heavy atom. The van der Waals surface area contributed by atoms with Gasteiger partial charge in [-0.25, -0.2) is 0 Å². The number of halogens is 1. The molecule has 3 heteroatoms. The van der Waals surface area contributed by atoms with Crippen molar-refractivity contribution >= 4 is 34.4 Å². The highest BCUT2D eigenvalue weighted by Gasteiger charge is 2.09. The molecule has 0 aliphatic rings. The first-order valence-corrected chi connectivity index (χ1v) is 7.77. The van der Waals surface area contributed by atoms with Crippen molar-refractivity contribution in [3.63, 3.8) is 0 Å². The number of rotatable bonds is 8. The van der Waals surface area contributed by atoms with E-state index in [4.69, 9.17) is 0 Å². The maximum atomic E-state index is 3.68. The molecule has 13 heavy (non-hydrogen) atoms. The molecule has 0 saturated heterocycles. The predicted octanol–water partition coefficient (Wildman–Crippen LogP) is 3.67. The average Bonchev–Trinajstić information content (AvgIpc) is 2.14. The number of hydrogen-bond acceptors (Lipinski definition) is 2. The molecule has 2 unspecified atom stereocenters. The Morgan fingerprint density at radius 3 is 2.46 bits per heavy atom. The lowest BCUT2D eigenvalue weighted by Gasteiger charge is -2.20. The summed E-state index contributed by atoms with van der Waals surface area (Å²) >= 11 is 4.44. The maximum Gasteiger partial charge on any atom is 0.0593 e. The van der Waals surface area contributed by atoms with E-state index in [1.807, 2.05) is 11.8 Å². The van der Waals surface area contributed by atoms with E-state index in [2.05, 4.69) is 48.0 Å². The van der Waals surface area contributed by atoms with Crippen molar-refractivity contribution in [3.05, 3.63) is 0 Å². The minimum absolute atomic E-state index is 0.649. The molecule has 0 aromatic carbocycles. The Kier molecular flexibility index (Phi) is 10.4. The molecule has 80 valence electrons. The van der Waals surface area contributed by atoms with Gasteiger partial charge in [-0.15, -0.1) is 0 Å². The van der Waals surface area contributed by atoms with Gasteiger partial charge in [0, 0.05) is 6.04 Å². The topological polar surface area (TPSA) is 12.0 Å². The van der Waals surface area contributed by atoms with Gasteiger partial charge in [-0.05, 0) is 31.3 Å². The molecule has 0 heterocycles. The number of alkyl halides is 1. The van der Waals surface area contributed by atoms with Crippen molar-refractivity contribution in [3.8, 4) is 0 Å². The summed E-state index contributed by atoms with van der Waals surface area (Å²) < 4.78 is 0.649. The first kappa shape index (κ1) is 14.0. The van der Waals surface area contributed by atoms with Crippen LogP contribution in [0.2, 0.25) is 0 Å². The molecule has 1 N–H and O–H groups in total. The van der Waals surface area contributed by atoms with Crippen LogP contribution >= 0.6 is 34.4 Å². The Labute approximate surface area is 101 Å². The summed E-state index contributed by atoms with van der Waals surface area (Å²) in [4.78, 5) is 0. The third kappa shape index (κ3) is 8.06. The minimum atomic E-state index is 0.649. The fourth-order valence-electron chi connectivity index (χ4n) is 1.29. The van der Waals surface area contributed by atoms with E-state index < -0.39 is 0 Å². The van der Waals surface area contributed by atoms with Crippen LogP contribution in [-0.2, 0) is 0 Å². The Balaban J connectivity index is 3.65. The number of nitrogens with one attached hydrogen (secondary N) is 1. The van der Waals surface area contributed by atoms with Crippen molar-refractivity contribution in [1.82, 2.24) is 5.32 Å². The van der Waals surface area contributed by atoms with Crippen LogP contribution < -0.4 is 5.32 Å². The Hall–Kier alpha value is 1.04. The van der Waals surface area contributed by atoms with Gasteiger partial charge in [-0.2, -0.15) is 11.8 Å². The summed E-state index contributed by atoms with van der Waals surface area (Å²) in [5.74, 6) is 1.28. The standard InChI is InChI=1S/C10H22INS/c1-4-6-9(7-8-13-3)12-10(11)5-2/h9-10,12H,4-8H2,1-3H3. The van der Waals surface area contributed by atoms with Crippen LogP contribution in [0, 0.1) is 0 Å².